The van der Waals surface area contributed by atoms with Gasteiger partial charge in [-0.3, -0.25) is 4.55 Å². The summed E-state index contributed by atoms with van der Waals surface area (Å²) in [6.07, 6.45) is 17.1. The molecular formula is C26H37NaO5S. The minimum atomic E-state index is -4.57. The molecule has 0 saturated heterocycles. The van der Waals surface area contributed by atoms with E-state index < -0.39 is 20.8 Å². The molecule has 33 heavy (non-hydrogen) atoms. The molecule has 0 aromatic heterocycles. The van der Waals surface area contributed by atoms with Crippen LogP contribution in [0.2, 0.25) is 0 Å². The standard InChI is InChI=1S/C26H38O5S.Na/c1-2-3-4-5-6-7-8-9-10-11-12-13-14-22-15-17-23(18-16-22)31-24-19-20-25(27)26(21-24)32(28,29)30;/h15-21,27H,2-14H2,1H3,(H,28,29,30);/q;+1/p-1. The van der Waals surface area contributed by atoms with Crippen LogP contribution in [0, 0.1) is 0 Å². The Morgan fingerprint density at radius 2 is 1.24 bits per heavy atom. The van der Waals surface area contributed by atoms with Crippen molar-refractivity contribution in [3.05, 3.63) is 48.0 Å². The molecule has 0 saturated carbocycles. The molecule has 178 valence electrons. The first kappa shape index (κ1) is 30.0. The van der Waals surface area contributed by atoms with Crippen molar-refractivity contribution in [1.29, 1.82) is 0 Å². The fourth-order valence-corrected chi connectivity index (χ4v) is 4.37. The van der Waals surface area contributed by atoms with Crippen LogP contribution in [0.3, 0.4) is 0 Å². The maximum Gasteiger partial charge on any atom is 1.00 e. The van der Waals surface area contributed by atoms with Crippen LogP contribution in [-0.2, 0) is 16.5 Å². The van der Waals surface area contributed by atoms with E-state index in [2.05, 4.69) is 6.92 Å². The molecule has 2 aromatic carbocycles. The third-order valence-corrected chi connectivity index (χ3v) is 6.55. The van der Waals surface area contributed by atoms with E-state index in [4.69, 9.17) is 9.29 Å². The van der Waals surface area contributed by atoms with Crippen LogP contribution in [-0.4, -0.2) is 13.0 Å². The smallest absolute Gasteiger partial charge is 0.872 e. The molecule has 7 heteroatoms. The monoisotopic (exact) mass is 484 g/mol. The van der Waals surface area contributed by atoms with Gasteiger partial charge < -0.3 is 9.84 Å². The molecule has 0 heterocycles. The van der Waals surface area contributed by atoms with Gasteiger partial charge >= 0.3 is 29.6 Å². The predicted octanol–water partition coefficient (Wildman–Crippen LogP) is 4.05. The van der Waals surface area contributed by atoms with E-state index in [1.807, 2.05) is 24.3 Å². The van der Waals surface area contributed by atoms with Crippen LogP contribution in [0.5, 0.6) is 17.2 Å². The zero-order valence-electron chi connectivity index (χ0n) is 20.2. The molecule has 0 spiro atoms. The van der Waals surface area contributed by atoms with Gasteiger partial charge in [-0.25, -0.2) is 0 Å². The van der Waals surface area contributed by atoms with E-state index in [-0.39, 0.29) is 35.3 Å². The van der Waals surface area contributed by atoms with Crippen molar-refractivity contribution < 1.29 is 52.4 Å². The Balaban J connectivity index is 0.00000544. The van der Waals surface area contributed by atoms with Crippen molar-refractivity contribution in [3.8, 4) is 17.2 Å². The van der Waals surface area contributed by atoms with Crippen molar-refractivity contribution in [3.63, 3.8) is 0 Å². The molecule has 2 aromatic rings. The van der Waals surface area contributed by atoms with E-state index in [1.54, 1.807) is 0 Å². The molecule has 0 unspecified atom stereocenters. The summed E-state index contributed by atoms with van der Waals surface area (Å²) in [5.74, 6) is -0.0353. The molecule has 5 nitrogen and oxygen atoms in total. The Hall–Kier alpha value is -1.05. The number of ether oxygens (including phenoxy) is 1. The van der Waals surface area contributed by atoms with Crippen LogP contribution in [0.15, 0.2) is 47.4 Å². The molecule has 1 N–H and O–H groups in total. The second-order valence-corrected chi connectivity index (χ2v) is 9.86. The summed E-state index contributed by atoms with van der Waals surface area (Å²) in [6.45, 7) is 2.26. The van der Waals surface area contributed by atoms with E-state index in [0.717, 1.165) is 18.6 Å². The largest absolute Gasteiger partial charge is 1.00 e. The van der Waals surface area contributed by atoms with Crippen molar-refractivity contribution >= 4 is 10.1 Å². The minimum Gasteiger partial charge on any atom is -0.872 e. The summed E-state index contributed by atoms with van der Waals surface area (Å²) >= 11 is 0. The first-order chi connectivity index (χ1) is 15.4. The van der Waals surface area contributed by atoms with Crippen LogP contribution >= 0.6 is 0 Å². The first-order valence-electron chi connectivity index (χ1n) is 12.0. The number of unbranched alkanes of at least 4 members (excludes halogenated alkanes) is 11. The van der Waals surface area contributed by atoms with E-state index in [1.165, 1.54) is 88.7 Å². The Labute approximate surface area is 222 Å². The normalized spacial score (nSPS) is 11.2. The molecule has 0 bridgehead atoms. The number of hydrogen-bond donors (Lipinski definition) is 1. The zero-order chi connectivity index (χ0) is 23.2. The molecule has 0 amide bonds. The Bertz CT molecular complexity index is 897. The SMILES string of the molecule is CCCCCCCCCCCCCCc1ccc(Oc2ccc([O-])c(S(=O)(=O)O)c2)cc1.[Na+]. The van der Waals surface area contributed by atoms with Crippen molar-refractivity contribution in [2.24, 2.45) is 0 Å². The zero-order valence-corrected chi connectivity index (χ0v) is 23.0. The molecule has 0 atom stereocenters. The Morgan fingerprint density at radius 3 is 1.76 bits per heavy atom. The van der Waals surface area contributed by atoms with Gasteiger partial charge in [-0.2, -0.15) is 8.42 Å². The Morgan fingerprint density at radius 1 is 0.758 bits per heavy atom. The van der Waals surface area contributed by atoms with Gasteiger partial charge in [0.2, 0.25) is 0 Å². The van der Waals surface area contributed by atoms with Crippen LogP contribution in [0.1, 0.15) is 89.5 Å². The van der Waals surface area contributed by atoms with Gasteiger partial charge in [-0.15, -0.1) is 0 Å². The number of hydrogen-bond acceptors (Lipinski definition) is 4. The van der Waals surface area contributed by atoms with Gasteiger partial charge in [-0.05, 0) is 36.6 Å². The van der Waals surface area contributed by atoms with Crippen LogP contribution < -0.4 is 39.4 Å². The quantitative estimate of drug-likeness (QED) is 0.221. The number of benzene rings is 2. The molecule has 2 rings (SSSR count). The van der Waals surface area contributed by atoms with Crippen molar-refractivity contribution in [2.75, 3.05) is 0 Å². The summed E-state index contributed by atoms with van der Waals surface area (Å²) in [4.78, 5) is -0.682. The molecule has 0 radical (unpaired) electrons. The first-order valence-corrected chi connectivity index (χ1v) is 13.4. The van der Waals surface area contributed by atoms with Crippen molar-refractivity contribution in [1.82, 2.24) is 0 Å². The van der Waals surface area contributed by atoms with Gasteiger partial charge in [-0.1, -0.05) is 102 Å². The second kappa shape index (κ2) is 16.6. The molecule has 0 aliphatic rings. The van der Waals surface area contributed by atoms with Gasteiger partial charge in [0.05, 0.1) is 4.90 Å². The number of aryl methyl sites for hydroxylation is 1. The van der Waals surface area contributed by atoms with E-state index >= 15 is 0 Å². The average Bonchev–Trinajstić information content (AvgIpc) is 2.76. The summed E-state index contributed by atoms with van der Waals surface area (Å²) in [5.41, 5.74) is 1.23. The van der Waals surface area contributed by atoms with Crippen molar-refractivity contribution in [2.45, 2.75) is 95.3 Å². The van der Waals surface area contributed by atoms with Gasteiger partial charge in [0.15, 0.2) is 0 Å². The fraction of sp³-hybridized carbons (Fsp3) is 0.538. The predicted molar refractivity (Wildman–Crippen MR) is 127 cm³/mol. The third-order valence-electron chi connectivity index (χ3n) is 5.67. The van der Waals surface area contributed by atoms with Gasteiger partial charge in [0, 0.05) is 6.07 Å². The van der Waals surface area contributed by atoms with E-state index in [0.29, 0.717) is 5.75 Å². The third kappa shape index (κ3) is 12.3. The number of rotatable bonds is 16. The van der Waals surface area contributed by atoms with Gasteiger partial charge in [0.25, 0.3) is 10.1 Å². The maximum atomic E-state index is 11.6. The molecular weight excluding hydrogens is 447 g/mol. The van der Waals surface area contributed by atoms with Crippen LogP contribution in [0.4, 0.5) is 0 Å². The van der Waals surface area contributed by atoms with Crippen LogP contribution in [0.25, 0.3) is 0 Å². The molecule has 0 aliphatic carbocycles. The minimum absolute atomic E-state index is 0. The second-order valence-electron chi connectivity index (χ2n) is 8.47. The maximum absolute atomic E-state index is 11.6. The fourth-order valence-electron chi connectivity index (χ4n) is 3.78. The summed E-state index contributed by atoms with van der Waals surface area (Å²) in [6, 6.07) is 11.1. The summed E-state index contributed by atoms with van der Waals surface area (Å²) < 4.78 is 37.3. The van der Waals surface area contributed by atoms with E-state index in [9.17, 15) is 13.5 Å². The Kier molecular flexibility index (Phi) is 15.0. The molecule has 0 aliphatic heterocycles. The van der Waals surface area contributed by atoms with Gasteiger partial charge in [0.1, 0.15) is 11.5 Å². The topological polar surface area (TPSA) is 86.7 Å². The molecule has 0 fully saturated rings. The average molecular weight is 485 g/mol. The summed E-state index contributed by atoms with van der Waals surface area (Å²) in [7, 11) is -4.57. The summed E-state index contributed by atoms with van der Waals surface area (Å²) in [5, 5.41) is 11.6.